The van der Waals surface area contributed by atoms with E-state index in [9.17, 15) is 10.1 Å². The smallest absolute Gasteiger partial charge is 0.292 e. The third kappa shape index (κ3) is 2.85. The van der Waals surface area contributed by atoms with Gasteiger partial charge in [-0.25, -0.2) is 0 Å². The molecule has 0 atom stereocenters. The van der Waals surface area contributed by atoms with Gasteiger partial charge in [0.25, 0.3) is 5.69 Å². The lowest BCUT2D eigenvalue weighted by atomic mass is 10.1. The van der Waals surface area contributed by atoms with Gasteiger partial charge in [0.05, 0.1) is 4.92 Å². The molecular weight excluding hydrogens is 228 g/mol. The highest BCUT2D eigenvalue weighted by Crippen LogP contribution is 2.25. The molecule has 0 aliphatic rings. The number of hydrogen-bond donors (Lipinski definition) is 1. The number of nitro groups is 1. The Labute approximate surface area is 105 Å². The van der Waals surface area contributed by atoms with Crippen LogP contribution in [0.25, 0.3) is 0 Å². The summed E-state index contributed by atoms with van der Waals surface area (Å²) in [5.41, 5.74) is 2.64. The van der Waals surface area contributed by atoms with Gasteiger partial charge in [-0.3, -0.25) is 10.1 Å². The van der Waals surface area contributed by atoms with Crippen molar-refractivity contribution in [2.24, 2.45) is 0 Å². The lowest BCUT2D eigenvalue weighted by Gasteiger charge is -2.07. The summed E-state index contributed by atoms with van der Waals surface area (Å²) in [7, 11) is 0. The average Bonchev–Trinajstić information content (AvgIpc) is 2.38. The molecule has 0 unspecified atom stereocenters. The zero-order valence-corrected chi connectivity index (χ0v) is 10.1. The number of nitro benzene ring substituents is 1. The Morgan fingerprint density at radius 1 is 1.17 bits per heavy atom. The molecule has 2 aromatic rings. The van der Waals surface area contributed by atoms with E-state index in [1.54, 1.807) is 12.1 Å². The Morgan fingerprint density at radius 2 is 1.89 bits per heavy atom. The van der Waals surface area contributed by atoms with Crippen molar-refractivity contribution in [1.29, 1.82) is 0 Å². The molecule has 0 saturated carbocycles. The number of benzene rings is 2. The fourth-order valence-electron chi connectivity index (χ4n) is 1.74. The molecule has 2 rings (SSSR count). The monoisotopic (exact) mass is 242 g/mol. The normalized spacial score (nSPS) is 10.1. The van der Waals surface area contributed by atoms with Crippen LogP contribution in [0.1, 0.15) is 11.1 Å². The molecule has 18 heavy (non-hydrogen) atoms. The summed E-state index contributed by atoms with van der Waals surface area (Å²) in [6.07, 6.45) is 0. The third-order valence-corrected chi connectivity index (χ3v) is 2.68. The highest BCUT2D eigenvalue weighted by atomic mass is 16.6. The lowest BCUT2D eigenvalue weighted by Crippen LogP contribution is -2.02. The van der Waals surface area contributed by atoms with E-state index < -0.39 is 0 Å². The molecule has 4 nitrogen and oxygen atoms in total. The van der Waals surface area contributed by atoms with Gasteiger partial charge >= 0.3 is 0 Å². The van der Waals surface area contributed by atoms with E-state index in [-0.39, 0.29) is 10.6 Å². The van der Waals surface area contributed by atoms with Crippen molar-refractivity contribution in [3.8, 4) is 0 Å². The average molecular weight is 242 g/mol. The molecule has 0 fully saturated rings. The minimum atomic E-state index is -0.361. The molecule has 2 aromatic carbocycles. The fourth-order valence-corrected chi connectivity index (χ4v) is 1.74. The van der Waals surface area contributed by atoms with E-state index in [4.69, 9.17) is 0 Å². The van der Waals surface area contributed by atoms with Crippen molar-refractivity contribution in [1.82, 2.24) is 0 Å². The Hall–Kier alpha value is -2.36. The quantitative estimate of drug-likeness (QED) is 0.659. The minimum Gasteiger partial charge on any atom is -0.375 e. The van der Waals surface area contributed by atoms with Gasteiger partial charge in [-0.2, -0.15) is 0 Å². The number of rotatable bonds is 4. The van der Waals surface area contributed by atoms with Gasteiger partial charge < -0.3 is 5.32 Å². The van der Waals surface area contributed by atoms with Crippen LogP contribution >= 0.6 is 0 Å². The topological polar surface area (TPSA) is 55.2 Å². The van der Waals surface area contributed by atoms with Crippen molar-refractivity contribution in [3.63, 3.8) is 0 Å². The highest BCUT2D eigenvalue weighted by molar-refractivity contribution is 5.62. The molecule has 0 radical (unpaired) electrons. The second kappa shape index (κ2) is 5.31. The van der Waals surface area contributed by atoms with E-state index in [1.807, 2.05) is 43.3 Å². The van der Waals surface area contributed by atoms with E-state index in [0.717, 1.165) is 11.1 Å². The second-order valence-corrected chi connectivity index (χ2v) is 4.12. The Balaban J connectivity index is 2.17. The minimum absolute atomic E-state index is 0.117. The van der Waals surface area contributed by atoms with Crippen LogP contribution in [0.4, 0.5) is 11.4 Å². The molecule has 0 heterocycles. The van der Waals surface area contributed by atoms with Crippen LogP contribution < -0.4 is 5.32 Å². The summed E-state index contributed by atoms with van der Waals surface area (Å²) < 4.78 is 0. The molecular formula is C14H14N2O2. The predicted octanol–water partition coefficient (Wildman–Crippen LogP) is 3.52. The summed E-state index contributed by atoms with van der Waals surface area (Å²) in [4.78, 5) is 10.6. The van der Waals surface area contributed by atoms with Crippen LogP contribution in [0.5, 0.6) is 0 Å². The van der Waals surface area contributed by atoms with Crippen molar-refractivity contribution >= 4 is 11.4 Å². The Kier molecular flexibility index (Phi) is 3.57. The van der Waals surface area contributed by atoms with Crippen molar-refractivity contribution in [2.75, 3.05) is 5.32 Å². The lowest BCUT2D eigenvalue weighted by molar-refractivity contribution is -0.384. The molecule has 0 spiro atoms. The van der Waals surface area contributed by atoms with Gasteiger partial charge in [0, 0.05) is 12.6 Å². The van der Waals surface area contributed by atoms with Gasteiger partial charge in [-0.05, 0) is 24.1 Å². The maximum Gasteiger partial charge on any atom is 0.292 e. The number of nitrogens with one attached hydrogen (secondary N) is 1. The Bertz CT molecular complexity index is 553. The first kappa shape index (κ1) is 12.1. The second-order valence-electron chi connectivity index (χ2n) is 4.12. The molecule has 0 aliphatic carbocycles. The van der Waals surface area contributed by atoms with Crippen molar-refractivity contribution in [2.45, 2.75) is 13.5 Å². The first-order chi connectivity index (χ1) is 8.66. The first-order valence-electron chi connectivity index (χ1n) is 5.69. The number of nitrogens with zero attached hydrogens (tertiary/aromatic N) is 1. The van der Waals surface area contributed by atoms with Crippen LogP contribution in [0.3, 0.4) is 0 Å². The van der Waals surface area contributed by atoms with Gasteiger partial charge in [0.15, 0.2) is 0 Å². The molecule has 0 saturated heterocycles. The molecule has 0 aliphatic heterocycles. The summed E-state index contributed by atoms with van der Waals surface area (Å²) in [5, 5.41) is 14.0. The van der Waals surface area contributed by atoms with Crippen LogP contribution in [0.2, 0.25) is 0 Å². The summed E-state index contributed by atoms with van der Waals surface area (Å²) >= 11 is 0. The molecule has 0 bridgehead atoms. The van der Waals surface area contributed by atoms with Gasteiger partial charge in [-0.15, -0.1) is 0 Å². The van der Waals surface area contributed by atoms with Crippen LogP contribution in [0, 0.1) is 17.0 Å². The van der Waals surface area contributed by atoms with Crippen molar-refractivity contribution in [3.05, 3.63) is 69.8 Å². The Morgan fingerprint density at radius 3 is 2.56 bits per heavy atom. The van der Waals surface area contributed by atoms with E-state index in [2.05, 4.69) is 5.32 Å². The largest absolute Gasteiger partial charge is 0.375 e. The van der Waals surface area contributed by atoms with Crippen LogP contribution in [-0.4, -0.2) is 4.92 Å². The zero-order valence-electron chi connectivity index (χ0n) is 10.1. The van der Waals surface area contributed by atoms with Gasteiger partial charge in [-0.1, -0.05) is 36.4 Å². The maximum absolute atomic E-state index is 11.0. The van der Waals surface area contributed by atoms with Gasteiger partial charge in [0.2, 0.25) is 0 Å². The SMILES string of the molecule is Cc1ccc(NCc2ccccc2)c([N+](=O)[O-])c1. The number of hydrogen-bond acceptors (Lipinski definition) is 3. The first-order valence-corrected chi connectivity index (χ1v) is 5.69. The molecule has 92 valence electrons. The summed E-state index contributed by atoms with van der Waals surface area (Å²) in [6, 6.07) is 15.0. The van der Waals surface area contributed by atoms with Crippen LogP contribution in [0.15, 0.2) is 48.5 Å². The molecule has 0 aromatic heterocycles. The number of anilines is 1. The van der Waals surface area contributed by atoms with E-state index in [1.165, 1.54) is 0 Å². The van der Waals surface area contributed by atoms with E-state index >= 15 is 0 Å². The fraction of sp³-hybridized carbons (Fsp3) is 0.143. The van der Waals surface area contributed by atoms with Crippen LogP contribution in [-0.2, 0) is 6.54 Å². The summed E-state index contributed by atoms with van der Waals surface area (Å²) in [6.45, 7) is 2.42. The van der Waals surface area contributed by atoms with E-state index in [0.29, 0.717) is 12.2 Å². The highest BCUT2D eigenvalue weighted by Gasteiger charge is 2.12. The maximum atomic E-state index is 11.0. The van der Waals surface area contributed by atoms with Crippen molar-refractivity contribution < 1.29 is 4.92 Å². The molecule has 1 N–H and O–H groups in total. The number of aryl methyl sites for hydroxylation is 1. The standard InChI is InChI=1S/C14H14N2O2/c1-11-7-8-13(14(9-11)16(17)18)15-10-12-5-3-2-4-6-12/h2-9,15H,10H2,1H3. The predicted molar refractivity (Wildman–Crippen MR) is 71.6 cm³/mol. The summed E-state index contributed by atoms with van der Waals surface area (Å²) in [5.74, 6) is 0. The van der Waals surface area contributed by atoms with Gasteiger partial charge in [0.1, 0.15) is 5.69 Å². The zero-order chi connectivity index (χ0) is 13.0. The molecule has 4 heteroatoms. The third-order valence-electron chi connectivity index (χ3n) is 2.68. The molecule has 0 amide bonds.